The summed E-state index contributed by atoms with van der Waals surface area (Å²) in [5.74, 6) is 0.349. The number of fused-ring (bicyclic) bond motifs is 1. The molecule has 1 atom stereocenters. The van der Waals surface area contributed by atoms with E-state index in [2.05, 4.69) is 20.6 Å². The van der Waals surface area contributed by atoms with E-state index >= 15 is 0 Å². The number of hydrogen-bond acceptors (Lipinski definition) is 6. The number of aromatic nitrogens is 2. The van der Waals surface area contributed by atoms with Crippen molar-refractivity contribution in [3.8, 4) is 0 Å². The second kappa shape index (κ2) is 8.13. The van der Waals surface area contributed by atoms with E-state index in [1.165, 1.54) is 11.3 Å². The van der Waals surface area contributed by atoms with Crippen molar-refractivity contribution in [1.82, 2.24) is 15.3 Å². The maximum Gasteiger partial charge on any atom is 0.252 e. The molecule has 0 saturated heterocycles. The molecule has 0 aliphatic rings. The number of thiophene rings is 1. The normalized spacial score (nSPS) is 12.1. The zero-order valence-corrected chi connectivity index (χ0v) is 15.9. The van der Waals surface area contributed by atoms with E-state index in [0.29, 0.717) is 17.2 Å². The highest BCUT2D eigenvalue weighted by molar-refractivity contribution is 7.08. The topological polar surface area (TPSA) is 110 Å². The van der Waals surface area contributed by atoms with Gasteiger partial charge in [-0.15, -0.1) is 0 Å². The van der Waals surface area contributed by atoms with Crippen molar-refractivity contribution < 1.29 is 9.59 Å². The van der Waals surface area contributed by atoms with Crippen molar-refractivity contribution in [3.63, 3.8) is 0 Å². The Bertz CT molecular complexity index is 956. The first-order valence-corrected chi connectivity index (χ1v) is 9.52. The zero-order chi connectivity index (χ0) is 19.4. The number of nitrogens with two attached hydrogens (primary N) is 1. The highest BCUT2D eigenvalue weighted by Gasteiger charge is 2.21. The Kier molecular flexibility index (Phi) is 5.66. The Morgan fingerprint density at radius 3 is 2.63 bits per heavy atom. The lowest BCUT2D eigenvalue weighted by Crippen LogP contribution is -2.40. The van der Waals surface area contributed by atoms with Crippen LogP contribution in [0.4, 0.5) is 5.82 Å². The molecule has 7 nitrogen and oxygen atoms in total. The Morgan fingerprint density at radius 2 is 1.96 bits per heavy atom. The highest BCUT2D eigenvalue weighted by Crippen LogP contribution is 2.22. The second-order valence-corrected chi connectivity index (χ2v) is 7.25. The van der Waals surface area contributed by atoms with Gasteiger partial charge in [-0.3, -0.25) is 9.59 Å². The van der Waals surface area contributed by atoms with Gasteiger partial charge in [-0.25, -0.2) is 9.97 Å². The van der Waals surface area contributed by atoms with Crippen LogP contribution < -0.4 is 16.4 Å². The molecule has 0 saturated carbocycles. The van der Waals surface area contributed by atoms with Gasteiger partial charge in [0.2, 0.25) is 5.91 Å². The summed E-state index contributed by atoms with van der Waals surface area (Å²) in [4.78, 5) is 32.9. The first-order valence-electron chi connectivity index (χ1n) is 8.57. The van der Waals surface area contributed by atoms with Crippen LogP contribution in [0.1, 0.15) is 30.0 Å². The number of nitrogens with one attached hydrogen (secondary N) is 2. The standard InChI is InChI=1S/C19H21N5O2S/c1-11(2)16(17(20)25)24-18-13-5-3-4-6-14(13)22-15(23-18)9-21-19(26)12-7-8-27-10-12/h3-8,10-11,16H,9H2,1-2H3,(H2,20,25)(H,21,26)(H,22,23,24)/t16-/m0/s1. The van der Waals surface area contributed by atoms with E-state index in [9.17, 15) is 9.59 Å². The van der Waals surface area contributed by atoms with Gasteiger partial charge >= 0.3 is 0 Å². The van der Waals surface area contributed by atoms with Gasteiger partial charge in [0.25, 0.3) is 5.91 Å². The van der Waals surface area contributed by atoms with Crippen LogP contribution in [-0.2, 0) is 11.3 Å². The van der Waals surface area contributed by atoms with Crippen LogP contribution in [0.2, 0.25) is 0 Å². The minimum absolute atomic E-state index is 0.00188. The molecule has 8 heteroatoms. The lowest BCUT2D eigenvalue weighted by molar-refractivity contribution is -0.119. The smallest absolute Gasteiger partial charge is 0.252 e. The summed E-state index contributed by atoms with van der Waals surface area (Å²) in [6.07, 6.45) is 0. The average molecular weight is 383 g/mol. The quantitative estimate of drug-likeness (QED) is 0.581. The van der Waals surface area contributed by atoms with Crippen molar-refractivity contribution in [2.45, 2.75) is 26.4 Å². The fourth-order valence-electron chi connectivity index (χ4n) is 2.68. The maximum atomic E-state index is 12.1. The molecular weight excluding hydrogens is 362 g/mol. The molecule has 4 N–H and O–H groups in total. The third-order valence-electron chi connectivity index (χ3n) is 4.11. The minimum Gasteiger partial charge on any atom is -0.368 e. The Balaban J connectivity index is 1.88. The van der Waals surface area contributed by atoms with Gasteiger partial charge in [0, 0.05) is 16.3 Å². The lowest BCUT2D eigenvalue weighted by Gasteiger charge is -2.21. The van der Waals surface area contributed by atoms with Crippen LogP contribution in [0.15, 0.2) is 41.1 Å². The van der Waals surface area contributed by atoms with E-state index < -0.39 is 11.9 Å². The van der Waals surface area contributed by atoms with Crippen LogP contribution in [0, 0.1) is 5.92 Å². The maximum absolute atomic E-state index is 12.1. The number of benzene rings is 1. The summed E-state index contributed by atoms with van der Waals surface area (Å²) >= 11 is 1.46. The summed E-state index contributed by atoms with van der Waals surface area (Å²) in [6.45, 7) is 4.00. The van der Waals surface area contributed by atoms with Gasteiger partial charge in [0.1, 0.15) is 11.9 Å². The minimum atomic E-state index is -0.559. The average Bonchev–Trinajstić information content (AvgIpc) is 3.18. The molecule has 0 radical (unpaired) electrons. The van der Waals surface area contributed by atoms with Crippen molar-refractivity contribution in [1.29, 1.82) is 0 Å². The van der Waals surface area contributed by atoms with Crippen LogP contribution in [0.3, 0.4) is 0 Å². The van der Waals surface area contributed by atoms with Crippen LogP contribution in [0.5, 0.6) is 0 Å². The number of para-hydroxylation sites is 1. The largest absolute Gasteiger partial charge is 0.368 e. The molecular formula is C19H21N5O2S. The fourth-order valence-corrected chi connectivity index (χ4v) is 3.32. The predicted octanol–water partition coefficient (Wildman–Crippen LogP) is 2.54. The predicted molar refractivity (Wildman–Crippen MR) is 106 cm³/mol. The van der Waals surface area contributed by atoms with Crippen LogP contribution >= 0.6 is 11.3 Å². The highest BCUT2D eigenvalue weighted by atomic mass is 32.1. The van der Waals surface area contributed by atoms with E-state index in [-0.39, 0.29) is 18.4 Å². The van der Waals surface area contributed by atoms with Crippen molar-refractivity contribution in [3.05, 3.63) is 52.5 Å². The number of nitrogens with zero attached hydrogens (tertiary/aromatic N) is 2. The SMILES string of the molecule is CC(C)[C@H](Nc1nc(CNC(=O)c2ccsc2)nc2ccccc12)C(N)=O. The van der Waals surface area contributed by atoms with Gasteiger partial charge in [0.15, 0.2) is 5.82 Å². The molecule has 140 valence electrons. The summed E-state index contributed by atoms with van der Waals surface area (Å²) in [6, 6.07) is 8.69. The number of amides is 2. The molecule has 0 fully saturated rings. The second-order valence-electron chi connectivity index (χ2n) is 6.47. The number of carbonyl (C=O) groups excluding carboxylic acids is 2. The number of rotatable bonds is 7. The fraction of sp³-hybridized carbons (Fsp3) is 0.263. The van der Waals surface area contributed by atoms with Crippen molar-refractivity contribution >= 4 is 39.9 Å². The van der Waals surface area contributed by atoms with Gasteiger partial charge in [0.05, 0.1) is 12.1 Å². The van der Waals surface area contributed by atoms with E-state index in [1.807, 2.05) is 43.5 Å². The first-order chi connectivity index (χ1) is 13.0. The lowest BCUT2D eigenvalue weighted by atomic mass is 10.0. The van der Waals surface area contributed by atoms with Crippen LogP contribution in [-0.4, -0.2) is 27.8 Å². The van der Waals surface area contributed by atoms with Gasteiger partial charge in [-0.2, -0.15) is 11.3 Å². The number of carbonyl (C=O) groups is 2. The third-order valence-corrected chi connectivity index (χ3v) is 4.79. The zero-order valence-electron chi connectivity index (χ0n) is 15.1. The summed E-state index contributed by atoms with van der Waals surface area (Å²) in [5, 5.41) is 10.4. The molecule has 2 amide bonds. The van der Waals surface area contributed by atoms with Crippen molar-refractivity contribution in [2.24, 2.45) is 11.7 Å². The molecule has 0 bridgehead atoms. The Morgan fingerprint density at radius 1 is 1.19 bits per heavy atom. The van der Waals surface area contributed by atoms with E-state index in [0.717, 1.165) is 10.9 Å². The molecule has 1 aromatic carbocycles. The molecule has 3 rings (SSSR count). The van der Waals surface area contributed by atoms with Gasteiger partial charge in [-0.1, -0.05) is 26.0 Å². The molecule has 0 aliphatic carbocycles. The number of hydrogen-bond donors (Lipinski definition) is 3. The van der Waals surface area contributed by atoms with E-state index in [4.69, 9.17) is 5.73 Å². The number of anilines is 1. The molecule has 2 heterocycles. The summed E-state index contributed by atoms with van der Waals surface area (Å²) in [7, 11) is 0. The Labute approximate surface area is 161 Å². The molecule has 0 aliphatic heterocycles. The molecule has 0 unspecified atom stereocenters. The van der Waals surface area contributed by atoms with Crippen LogP contribution in [0.25, 0.3) is 10.9 Å². The van der Waals surface area contributed by atoms with E-state index in [1.54, 1.807) is 11.4 Å². The van der Waals surface area contributed by atoms with Gasteiger partial charge < -0.3 is 16.4 Å². The first kappa shape index (κ1) is 18.8. The molecule has 2 aromatic heterocycles. The molecule has 27 heavy (non-hydrogen) atoms. The monoisotopic (exact) mass is 383 g/mol. The molecule has 0 spiro atoms. The van der Waals surface area contributed by atoms with Gasteiger partial charge in [-0.05, 0) is 29.5 Å². The Hall–Kier alpha value is -3.00. The number of primary amides is 1. The van der Waals surface area contributed by atoms with Crippen molar-refractivity contribution in [2.75, 3.05) is 5.32 Å². The summed E-state index contributed by atoms with van der Waals surface area (Å²) < 4.78 is 0. The molecule has 3 aromatic rings. The third kappa shape index (κ3) is 4.40. The summed E-state index contributed by atoms with van der Waals surface area (Å²) in [5.41, 5.74) is 6.85.